The Kier molecular flexibility index (Phi) is 6.37. The fourth-order valence-corrected chi connectivity index (χ4v) is 2.78. The van der Waals surface area contributed by atoms with Gasteiger partial charge in [0.2, 0.25) is 0 Å². The molecular formula is C17H28N2O2. The molecule has 1 unspecified atom stereocenters. The number of carbonyl (C=O) groups is 1. The van der Waals surface area contributed by atoms with E-state index in [9.17, 15) is 9.90 Å². The predicted octanol–water partition coefficient (Wildman–Crippen LogP) is 2.55. The average molecular weight is 292 g/mol. The first-order valence-corrected chi connectivity index (χ1v) is 7.53. The monoisotopic (exact) mass is 292 g/mol. The van der Waals surface area contributed by atoms with Crippen LogP contribution < -0.4 is 5.32 Å². The van der Waals surface area contributed by atoms with Gasteiger partial charge in [-0.3, -0.25) is 5.32 Å². The highest BCUT2D eigenvalue weighted by Gasteiger charge is 2.41. The van der Waals surface area contributed by atoms with Crippen LogP contribution in [0.1, 0.15) is 33.3 Å². The van der Waals surface area contributed by atoms with E-state index in [4.69, 9.17) is 0 Å². The van der Waals surface area contributed by atoms with E-state index >= 15 is 0 Å². The quantitative estimate of drug-likeness (QED) is 0.773. The highest BCUT2D eigenvalue weighted by atomic mass is 16.4. The topological polar surface area (TPSA) is 52.6 Å². The molecule has 4 heteroatoms. The van der Waals surface area contributed by atoms with Crippen molar-refractivity contribution < 1.29 is 9.90 Å². The molecule has 2 N–H and O–H groups in total. The van der Waals surface area contributed by atoms with Gasteiger partial charge in [0.05, 0.1) is 0 Å². The van der Waals surface area contributed by atoms with Crippen molar-refractivity contribution in [1.82, 2.24) is 10.2 Å². The molecule has 1 aromatic rings. The molecule has 0 aliphatic heterocycles. The minimum absolute atomic E-state index is 0.0776. The fraction of sp³-hybridized carbons (Fsp3) is 0.588. The lowest BCUT2D eigenvalue weighted by Gasteiger charge is -2.37. The number of benzene rings is 1. The summed E-state index contributed by atoms with van der Waals surface area (Å²) in [6.45, 7) is 9.52. The van der Waals surface area contributed by atoms with E-state index in [1.807, 2.05) is 51.2 Å². The first kappa shape index (κ1) is 17.7. The fourth-order valence-electron chi connectivity index (χ4n) is 2.78. The standard InChI is InChI=1S/C17H28N2O2/c1-13(2)11-19(5)12-17(16(20)21,18-14(3)4)15-9-7-6-8-10-15/h6-10,13-14,18H,11-12H2,1-5H3,(H,20,21). The maximum absolute atomic E-state index is 12.1. The minimum atomic E-state index is -1.08. The molecule has 0 amide bonds. The molecule has 1 atom stereocenters. The molecule has 0 aliphatic carbocycles. The zero-order valence-electron chi connectivity index (χ0n) is 13.8. The third-order valence-corrected chi connectivity index (χ3v) is 3.35. The molecule has 4 nitrogen and oxygen atoms in total. The summed E-state index contributed by atoms with van der Waals surface area (Å²) in [5.74, 6) is -0.339. The highest BCUT2D eigenvalue weighted by Crippen LogP contribution is 2.24. The third-order valence-electron chi connectivity index (χ3n) is 3.35. The second-order valence-corrected chi connectivity index (χ2v) is 6.47. The number of likely N-dealkylation sites (N-methyl/N-ethyl adjacent to an activating group) is 1. The van der Waals surface area contributed by atoms with Crippen LogP contribution in [-0.4, -0.2) is 42.2 Å². The molecule has 1 aromatic carbocycles. The lowest BCUT2D eigenvalue weighted by atomic mass is 9.88. The van der Waals surface area contributed by atoms with Gasteiger partial charge in [-0.05, 0) is 32.4 Å². The Morgan fingerprint density at radius 3 is 2.24 bits per heavy atom. The molecule has 0 radical (unpaired) electrons. The average Bonchev–Trinajstić information content (AvgIpc) is 2.37. The summed E-state index contributed by atoms with van der Waals surface area (Å²) in [6, 6.07) is 9.52. The van der Waals surface area contributed by atoms with Crippen LogP contribution in [0.4, 0.5) is 0 Å². The summed E-state index contributed by atoms with van der Waals surface area (Å²) >= 11 is 0. The van der Waals surface area contributed by atoms with E-state index in [0.717, 1.165) is 12.1 Å². The maximum atomic E-state index is 12.1. The largest absolute Gasteiger partial charge is 0.480 e. The van der Waals surface area contributed by atoms with Gasteiger partial charge in [0.25, 0.3) is 0 Å². The number of hydrogen-bond acceptors (Lipinski definition) is 3. The maximum Gasteiger partial charge on any atom is 0.329 e. The van der Waals surface area contributed by atoms with E-state index in [-0.39, 0.29) is 6.04 Å². The molecule has 0 fully saturated rings. The Morgan fingerprint density at radius 2 is 1.81 bits per heavy atom. The first-order valence-electron chi connectivity index (χ1n) is 7.53. The lowest BCUT2D eigenvalue weighted by Crippen LogP contribution is -2.58. The van der Waals surface area contributed by atoms with Crippen LogP contribution in [0.25, 0.3) is 0 Å². The second-order valence-electron chi connectivity index (χ2n) is 6.47. The molecule has 0 spiro atoms. The molecule has 0 heterocycles. The van der Waals surface area contributed by atoms with Gasteiger partial charge in [-0.2, -0.15) is 0 Å². The Balaban J connectivity index is 3.16. The summed E-state index contributed by atoms with van der Waals surface area (Å²) in [7, 11) is 1.97. The zero-order valence-corrected chi connectivity index (χ0v) is 13.8. The van der Waals surface area contributed by atoms with Gasteiger partial charge in [0.1, 0.15) is 0 Å². The van der Waals surface area contributed by atoms with E-state index in [2.05, 4.69) is 24.1 Å². The lowest BCUT2D eigenvalue weighted by molar-refractivity contribution is -0.146. The zero-order chi connectivity index (χ0) is 16.0. The number of aliphatic carboxylic acids is 1. The van der Waals surface area contributed by atoms with Crippen molar-refractivity contribution in [3.8, 4) is 0 Å². The van der Waals surface area contributed by atoms with Crippen molar-refractivity contribution in [3.63, 3.8) is 0 Å². The van der Waals surface area contributed by atoms with E-state index in [1.165, 1.54) is 0 Å². The van der Waals surface area contributed by atoms with Crippen molar-refractivity contribution in [2.45, 2.75) is 39.3 Å². The number of carboxylic acid groups (broad SMARTS) is 1. The summed E-state index contributed by atoms with van der Waals surface area (Å²) in [4.78, 5) is 14.2. The van der Waals surface area contributed by atoms with Crippen molar-refractivity contribution in [1.29, 1.82) is 0 Å². The molecule has 1 rings (SSSR count). The van der Waals surface area contributed by atoms with Crippen LogP contribution in [0.5, 0.6) is 0 Å². The summed E-state index contributed by atoms with van der Waals surface area (Å²) in [5, 5.41) is 13.2. The Bertz CT molecular complexity index is 445. The molecule has 21 heavy (non-hydrogen) atoms. The first-order chi connectivity index (χ1) is 9.78. The number of hydrogen-bond donors (Lipinski definition) is 2. The predicted molar refractivity (Wildman–Crippen MR) is 86.4 cm³/mol. The molecule has 0 bridgehead atoms. The molecule has 0 aliphatic rings. The smallest absolute Gasteiger partial charge is 0.329 e. The highest BCUT2D eigenvalue weighted by molar-refractivity contribution is 5.81. The number of nitrogens with zero attached hydrogens (tertiary/aromatic N) is 1. The summed E-state index contributed by atoms with van der Waals surface area (Å²) < 4.78 is 0. The Hall–Kier alpha value is -1.39. The Labute approximate surface area is 128 Å². The number of nitrogens with one attached hydrogen (secondary N) is 1. The van der Waals surface area contributed by atoms with Crippen LogP contribution >= 0.6 is 0 Å². The summed E-state index contributed by atoms with van der Waals surface area (Å²) in [6.07, 6.45) is 0. The van der Waals surface area contributed by atoms with Crippen LogP contribution in [0.2, 0.25) is 0 Å². The SMILES string of the molecule is CC(C)CN(C)CC(NC(C)C)(C(=O)O)c1ccccc1. The van der Waals surface area contributed by atoms with Crippen LogP contribution in [0, 0.1) is 5.92 Å². The number of carboxylic acids is 1. The third kappa shape index (κ3) is 4.83. The van der Waals surface area contributed by atoms with Crippen molar-refractivity contribution >= 4 is 5.97 Å². The van der Waals surface area contributed by atoms with Crippen LogP contribution in [-0.2, 0) is 10.3 Å². The number of rotatable bonds is 8. The van der Waals surface area contributed by atoms with Gasteiger partial charge in [-0.1, -0.05) is 44.2 Å². The minimum Gasteiger partial charge on any atom is -0.480 e. The molecular weight excluding hydrogens is 264 g/mol. The molecule has 0 saturated carbocycles. The van der Waals surface area contributed by atoms with Crippen molar-refractivity contribution in [2.75, 3.05) is 20.1 Å². The van der Waals surface area contributed by atoms with Gasteiger partial charge >= 0.3 is 5.97 Å². The van der Waals surface area contributed by atoms with Gasteiger partial charge in [-0.15, -0.1) is 0 Å². The molecule has 0 saturated heterocycles. The molecule has 118 valence electrons. The van der Waals surface area contributed by atoms with Crippen molar-refractivity contribution in [2.24, 2.45) is 5.92 Å². The van der Waals surface area contributed by atoms with Gasteiger partial charge < -0.3 is 10.0 Å². The van der Waals surface area contributed by atoms with Gasteiger partial charge in [0, 0.05) is 19.1 Å². The van der Waals surface area contributed by atoms with E-state index in [1.54, 1.807) is 0 Å². The van der Waals surface area contributed by atoms with Crippen molar-refractivity contribution in [3.05, 3.63) is 35.9 Å². The van der Waals surface area contributed by atoms with E-state index < -0.39 is 11.5 Å². The van der Waals surface area contributed by atoms with Gasteiger partial charge in [0.15, 0.2) is 5.54 Å². The summed E-state index contributed by atoms with van der Waals surface area (Å²) in [5.41, 5.74) is -0.291. The normalized spacial score (nSPS) is 14.7. The second kappa shape index (κ2) is 7.57. The van der Waals surface area contributed by atoms with E-state index in [0.29, 0.717) is 12.5 Å². The van der Waals surface area contributed by atoms with Crippen LogP contribution in [0.3, 0.4) is 0 Å². The van der Waals surface area contributed by atoms with Gasteiger partial charge in [-0.25, -0.2) is 4.79 Å². The Morgan fingerprint density at radius 1 is 1.24 bits per heavy atom. The molecule has 0 aromatic heterocycles. The van der Waals surface area contributed by atoms with Crippen LogP contribution in [0.15, 0.2) is 30.3 Å².